The van der Waals surface area contributed by atoms with Crippen LogP contribution in [0, 0.1) is 0 Å². The van der Waals surface area contributed by atoms with Gasteiger partial charge in [0.2, 0.25) is 0 Å². The van der Waals surface area contributed by atoms with Gasteiger partial charge in [0.15, 0.2) is 9.80 Å². The maximum Gasteiger partial charge on any atom is 0.501 e. The van der Waals surface area contributed by atoms with Crippen LogP contribution in [0.4, 0.5) is 26.3 Å². The first kappa shape index (κ1) is 14.5. The van der Waals surface area contributed by atoms with Gasteiger partial charge in [-0.25, -0.2) is 12.6 Å². The average molecular weight is 280 g/mol. The molecule has 0 aromatic rings. The quantitative estimate of drug-likeness (QED) is 0.573. The first-order chi connectivity index (χ1) is 6.21. The lowest BCUT2D eigenvalue weighted by molar-refractivity contribution is -0.0457. The van der Waals surface area contributed by atoms with Crippen LogP contribution in [0.2, 0.25) is 0 Å². The Morgan fingerprint density at radius 2 is 1.20 bits per heavy atom. The molecule has 0 aliphatic carbocycles. The first-order valence-electron chi connectivity index (χ1n) is 2.70. The third-order valence-electron chi connectivity index (χ3n) is 0.911. The summed E-state index contributed by atoms with van der Waals surface area (Å²) in [5.41, 5.74) is -12.0. The van der Waals surface area contributed by atoms with Gasteiger partial charge >= 0.3 is 11.0 Å². The third-order valence-corrected chi connectivity index (χ3v) is 4.28. The molecule has 0 spiro atoms. The number of sulfone groups is 1. The van der Waals surface area contributed by atoms with Gasteiger partial charge in [-0.05, 0) is 0 Å². The topological polar surface area (TPSA) is 71.4 Å². The predicted octanol–water partition coefficient (Wildman–Crippen LogP) is 0.958. The molecule has 0 bridgehead atoms. The Hall–Kier alpha value is -0.490. The van der Waals surface area contributed by atoms with E-state index in [0.717, 1.165) is 0 Å². The molecule has 0 amide bonds. The van der Waals surface area contributed by atoms with E-state index in [2.05, 4.69) is 0 Å². The second-order valence-electron chi connectivity index (χ2n) is 2.10. The number of halogens is 6. The Morgan fingerprint density at radius 1 is 0.867 bits per heavy atom. The van der Waals surface area contributed by atoms with Crippen LogP contribution in [0.5, 0.6) is 0 Å². The zero-order valence-corrected chi connectivity index (χ0v) is 7.97. The molecule has 1 N–H and O–H groups in total. The zero-order chi connectivity index (χ0) is 12.7. The van der Waals surface area contributed by atoms with Crippen LogP contribution in [0.25, 0.3) is 0 Å². The van der Waals surface area contributed by atoms with Gasteiger partial charge < -0.3 is 4.55 Å². The smallest absolute Gasteiger partial charge is 0.306 e. The van der Waals surface area contributed by atoms with Crippen molar-refractivity contribution in [2.45, 2.75) is 11.0 Å². The molecule has 0 saturated carbocycles. The van der Waals surface area contributed by atoms with Gasteiger partial charge in [0.05, 0.1) is 0 Å². The van der Waals surface area contributed by atoms with Crippen LogP contribution in [0.15, 0.2) is 0 Å². The van der Waals surface area contributed by atoms with Crippen LogP contribution in [-0.2, 0) is 19.6 Å². The van der Waals surface area contributed by atoms with Crippen molar-refractivity contribution >= 4 is 24.3 Å². The lowest BCUT2D eigenvalue weighted by atomic mass is 11.6. The lowest BCUT2D eigenvalue weighted by Crippen LogP contribution is -2.32. The van der Waals surface area contributed by atoms with Gasteiger partial charge in [-0.1, -0.05) is 0 Å². The van der Waals surface area contributed by atoms with Crippen LogP contribution in [-0.4, -0.2) is 32.9 Å². The minimum absolute atomic E-state index is 1.65. The van der Waals surface area contributed by atoms with Gasteiger partial charge in [0.25, 0.3) is 9.84 Å². The van der Waals surface area contributed by atoms with Crippen LogP contribution < -0.4 is 0 Å². The van der Waals surface area contributed by atoms with Crippen LogP contribution in [0.1, 0.15) is 0 Å². The van der Waals surface area contributed by atoms with E-state index < -0.39 is 35.4 Å². The van der Waals surface area contributed by atoms with E-state index in [4.69, 9.17) is 4.55 Å². The van der Waals surface area contributed by atoms with Crippen molar-refractivity contribution in [3.8, 4) is 0 Å². The van der Waals surface area contributed by atoms with Gasteiger partial charge in [-0.2, -0.15) is 26.3 Å². The molecular weight excluding hydrogens is 278 g/mol. The summed E-state index contributed by atoms with van der Waals surface area (Å²) in [4.78, 5) is 0. The molecule has 0 aliphatic rings. The van der Waals surface area contributed by atoms with Crippen molar-refractivity contribution in [2.24, 2.45) is 0 Å². The zero-order valence-electron chi connectivity index (χ0n) is 6.33. The van der Waals surface area contributed by atoms with Gasteiger partial charge in [0.1, 0.15) is 4.70 Å². The Bertz CT molecular complexity index is 446. The van der Waals surface area contributed by atoms with Crippen molar-refractivity contribution in [1.29, 1.82) is 0 Å². The van der Waals surface area contributed by atoms with E-state index in [1.165, 1.54) is 0 Å². The number of rotatable bonds is 1. The molecule has 0 fully saturated rings. The minimum atomic E-state index is -6.41. The highest BCUT2D eigenvalue weighted by molar-refractivity contribution is 8.20. The van der Waals surface area contributed by atoms with E-state index in [-0.39, 0.29) is 0 Å². The maximum atomic E-state index is 11.6. The number of hydrogen-bond donors (Lipinski definition) is 1. The minimum Gasteiger partial charge on any atom is -0.306 e. The largest absolute Gasteiger partial charge is 0.501 e. The molecule has 1 unspecified atom stereocenters. The van der Waals surface area contributed by atoms with Crippen molar-refractivity contribution in [3.05, 3.63) is 0 Å². The fourth-order valence-corrected chi connectivity index (χ4v) is 2.53. The third kappa shape index (κ3) is 3.24. The molecular formula is C3H2F6O4S2. The van der Waals surface area contributed by atoms with E-state index in [9.17, 15) is 39.0 Å². The van der Waals surface area contributed by atoms with Crippen molar-refractivity contribution in [3.63, 3.8) is 0 Å². The molecule has 0 rings (SSSR count). The van der Waals surface area contributed by atoms with E-state index >= 15 is 0 Å². The van der Waals surface area contributed by atoms with Crippen LogP contribution >= 0.6 is 0 Å². The molecule has 4 nitrogen and oxygen atoms in total. The second kappa shape index (κ2) is 3.52. The molecule has 1 atom stereocenters. The summed E-state index contributed by atoms with van der Waals surface area (Å²) < 4.78 is 106. The number of hydrogen-bond acceptors (Lipinski definition) is 3. The first-order valence-corrected chi connectivity index (χ1v) is 5.82. The molecule has 12 heteroatoms. The normalized spacial score (nSPS) is 18.3. The van der Waals surface area contributed by atoms with E-state index in [0.29, 0.717) is 0 Å². The van der Waals surface area contributed by atoms with Crippen molar-refractivity contribution in [1.82, 2.24) is 0 Å². The second-order valence-corrected chi connectivity index (χ2v) is 6.02. The molecule has 15 heavy (non-hydrogen) atoms. The highest BCUT2D eigenvalue weighted by Gasteiger charge is 2.49. The summed E-state index contributed by atoms with van der Waals surface area (Å²) >= 11 is 0. The average Bonchev–Trinajstić information content (AvgIpc) is 1.77. The summed E-state index contributed by atoms with van der Waals surface area (Å²) in [6.45, 7) is 0. The molecule has 0 saturated heterocycles. The standard InChI is InChI=1S/C3H2F6O4S2/c4-2(5,6)14(10,11)1-15(12,13)3(7,8)9/h1H,(H,10,11). The van der Waals surface area contributed by atoms with Gasteiger partial charge in [-0.3, -0.25) is 0 Å². The summed E-state index contributed by atoms with van der Waals surface area (Å²) in [5.74, 6) is 0. The molecule has 0 aromatic heterocycles. The monoisotopic (exact) mass is 280 g/mol. The highest BCUT2D eigenvalue weighted by atomic mass is 32.3. The predicted molar refractivity (Wildman–Crippen MR) is 37.9 cm³/mol. The molecule has 0 heterocycles. The molecule has 0 aromatic carbocycles. The fraction of sp³-hybridized carbons (Fsp3) is 0.667. The van der Waals surface area contributed by atoms with Gasteiger partial charge in [0, 0.05) is 0 Å². The van der Waals surface area contributed by atoms with Crippen molar-refractivity contribution < 1.29 is 43.5 Å². The van der Waals surface area contributed by atoms with E-state index in [1.54, 1.807) is 0 Å². The highest BCUT2D eigenvalue weighted by Crippen LogP contribution is 2.27. The summed E-state index contributed by atoms with van der Waals surface area (Å²) in [5, 5.41) is 0. The Balaban J connectivity index is 5.77. The summed E-state index contributed by atoms with van der Waals surface area (Å²) in [7, 11) is -12.6. The van der Waals surface area contributed by atoms with Crippen molar-refractivity contribution in [2.75, 3.05) is 0 Å². The Labute approximate surface area is 79.6 Å². The molecule has 0 radical (unpaired) electrons. The molecule has 0 aliphatic heterocycles. The van der Waals surface area contributed by atoms with E-state index in [1.807, 2.05) is 0 Å². The fourth-order valence-electron chi connectivity index (χ4n) is 0.281. The van der Waals surface area contributed by atoms with Gasteiger partial charge in [-0.15, -0.1) is 0 Å². The maximum absolute atomic E-state index is 11.6. The Kier molecular flexibility index (Phi) is 3.40. The molecule has 92 valence electrons. The lowest BCUT2D eigenvalue weighted by Gasteiger charge is -2.09. The summed E-state index contributed by atoms with van der Waals surface area (Å²) in [6, 6.07) is 0. The Morgan fingerprint density at radius 3 is 1.40 bits per heavy atom. The van der Waals surface area contributed by atoms with Crippen LogP contribution in [0.3, 0.4) is 0 Å². The SMILES string of the molecule is O=S(=O)(C=S(=O)(O)C(F)(F)F)C(F)(F)F. The summed E-state index contributed by atoms with van der Waals surface area (Å²) in [6.07, 6.45) is 0. The number of alkyl halides is 6.